The fourth-order valence-corrected chi connectivity index (χ4v) is 4.06. The summed E-state index contributed by atoms with van der Waals surface area (Å²) < 4.78 is 0. The third kappa shape index (κ3) is 5.65. The maximum atomic E-state index is 13.2. The van der Waals surface area contributed by atoms with Crippen molar-refractivity contribution in [2.75, 3.05) is 6.54 Å². The molecule has 6 nitrogen and oxygen atoms in total. The molecule has 0 aromatic heterocycles. The summed E-state index contributed by atoms with van der Waals surface area (Å²) in [6, 6.07) is 0.377. The highest BCUT2D eigenvalue weighted by Crippen LogP contribution is 2.30. The Hall–Kier alpha value is -1.72. The van der Waals surface area contributed by atoms with E-state index in [0.717, 1.165) is 51.4 Å². The summed E-state index contributed by atoms with van der Waals surface area (Å²) in [6.07, 6.45) is 10.7. The second-order valence-electron chi connectivity index (χ2n) is 7.23. The smallest absolute Gasteiger partial charge is 0.305 e. The number of amides is 1. The zero-order chi connectivity index (χ0) is 18.2. The Morgan fingerprint density at radius 3 is 1.80 bits per heavy atom. The molecule has 6 heteroatoms. The SMILES string of the molecule is CC(=O)C(=NCCC(=O)O)C(=O)N(C1CCCCC1)C1CCCCC1. The first-order valence-electron chi connectivity index (χ1n) is 9.60. The lowest BCUT2D eigenvalue weighted by atomic mass is 9.88. The van der Waals surface area contributed by atoms with Crippen molar-refractivity contribution in [3.8, 4) is 0 Å². The summed E-state index contributed by atoms with van der Waals surface area (Å²) in [5, 5.41) is 8.77. The summed E-state index contributed by atoms with van der Waals surface area (Å²) in [7, 11) is 0. The molecule has 2 saturated carbocycles. The number of nitrogens with zero attached hydrogens (tertiary/aromatic N) is 2. The number of hydrogen-bond donors (Lipinski definition) is 1. The number of aliphatic carboxylic acids is 1. The van der Waals surface area contributed by atoms with Crippen molar-refractivity contribution in [3.05, 3.63) is 0 Å². The van der Waals surface area contributed by atoms with Gasteiger partial charge in [0.15, 0.2) is 11.5 Å². The summed E-state index contributed by atoms with van der Waals surface area (Å²) in [4.78, 5) is 41.9. The average Bonchev–Trinajstić information content (AvgIpc) is 2.60. The molecule has 0 bridgehead atoms. The van der Waals surface area contributed by atoms with Gasteiger partial charge in [0.2, 0.25) is 0 Å². The summed E-state index contributed by atoms with van der Waals surface area (Å²) >= 11 is 0. The number of carboxylic acids is 1. The fourth-order valence-electron chi connectivity index (χ4n) is 4.06. The van der Waals surface area contributed by atoms with E-state index in [2.05, 4.69) is 4.99 Å². The number of carboxylic acid groups (broad SMARTS) is 1. The first kappa shape index (κ1) is 19.6. The predicted octanol–water partition coefficient (Wildman–Crippen LogP) is 2.99. The quantitative estimate of drug-likeness (QED) is 0.565. The van der Waals surface area contributed by atoms with Crippen LogP contribution in [0.15, 0.2) is 4.99 Å². The van der Waals surface area contributed by atoms with Crippen LogP contribution in [0, 0.1) is 0 Å². The van der Waals surface area contributed by atoms with Crippen LogP contribution >= 0.6 is 0 Å². The van der Waals surface area contributed by atoms with Crippen LogP contribution < -0.4 is 0 Å². The van der Waals surface area contributed by atoms with Gasteiger partial charge in [-0.2, -0.15) is 0 Å². The highest BCUT2D eigenvalue weighted by Gasteiger charge is 2.35. The molecule has 0 heterocycles. The third-order valence-electron chi connectivity index (χ3n) is 5.30. The average molecular weight is 350 g/mol. The van der Waals surface area contributed by atoms with E-state index >= 15 is 0 Å². The Bertz CT molecular complexity index is 500. The summed E-state index contributed by atoms with van der Waals surface area (Å²) in [5.41, 5.74) is -0.0719. The maximum absolute atomic E-state index is 13.2. The van der Waals surface area contributed by atoms with E-state index in [4.69, 9.17) is 5.11 Å². The van der Waals surface area contributed by atoms with E-state index in [1.54, 1.807) is 0 Å². The van der Waals surface area contributed by atoms with Crippen LogP contribution in [0.5, 0.6) is 0 Å². The predicted molar refractivity (Wildman–Crippen MR) is 95.8 cm³/mol. The number of carbonyl (C=O) groups excluding carboxylic acids is 2. The molecule has 0 radical (unpaired) electrons. The fraction of sp³-hybridized carbons (Fsp3) is 0.789. The number of carbonyl (C=O) groups is 3. The highest BCUT2D eigenvalue weighted by atomic mass is 16.4. The number of Topliss-reactive ketones (excluding diaryl/α,β-unsaturated/α-hetero) is 1. The topological polar surface area (TPSA) is 87.0 Å². The Kier molecular flexibility index (Phi) is 7.59. The van der Waals surface area contributed by atoms with Gasteiger partial charge >= 0.3 is 5.97 Å². The van der Waals surface area contributed by atoms with Gasteiger partial charge in [0.25, 0.3) is 5.91 Å². The lowest BCUT2D eigenvalue weighted by Crippen LogP contribution is -2.52. The van der Waals surface area contributed by atoms with Crippen LogP contribution in [0.25, 0.3) is 0 Å². The van der Waals surface area contributed by atoms with E-state index in [1.165, 1.54) is 19.8 Å². The molecule has 0 aliphatic heterocycles. The number of ketones is 1. The Morgan fingerprint density at radius 1 is 0.920 bits per heavy atom. The number of hydrogen-bond acceptors (Lipinski definition) is 4. The van der Waals surface area contributed by atoms with Gasteiger partial charge in [-0.1, -0.05) is 38.5 Å². The first-order chi connectivity index (χ1) is 12.0. The molecule has 0 unspecified atom stereocenters. The Morgan fingerprint density at radius 2 is 1.40 bits per heavy atom. The van der Waals surface area contributed by atoms with E-state index in [1.807, 2.05) is 4.90 Å². The molecule has 0 saturated heterocycles. The summed E-state index contributed by atoms with van der Waals surface area (Å²) in [6.45, 7) is 1.32. The van der Waals surface area contributed by atoms with Crippen molar-refractivity contribution in [3.63, 3.8) is 0 Å². The summed E-state index contributed by atoms with van der Waals surface area (Å²) in [5.74, 6) is -1.63. The lowest BCUT2D eigenvalue weighted by Gasteiger charge is -2.41. The van der Waals surface area contributed by atoms with Crippen molar-refractivity contribution in [2.24, 2.45) is 4.99 Å². The van der Waals surface area contributed by atoms with Gasteiger partial charge in [-0.05, 0) is 25.7 Å². The van der Waals surface area contributed by atoms with Crippen LogP contribution in [-0.4, -0.2) is 52.0 Å². The molecule has 25 heavy (non-hydrogen) atoms. The van der Waals surface area contributed by atoms with E-state index in [9.17, 15) is 14.4 Å². The molecular weight excluding hydrogens is 320 g/mol. The zero-order valence-electron chi connectivity index (χ0n) is 15.2. The Labute approximate surface area is 149 Å². The standard InChI is InChI=1S/C19H30N2O4/c1-14(22)18(20-13-12-17(23)24)19(25)21(15-8-4-2-5-9-15)16-10-6-3-7-11-16/h15-16H,2-13H2,1H3,(H,23,24). The lowest BCUT2D eigenvalue weighted by molar-refractivity contribution is -0.137. The zero-order valence-corrected chi connectivity index (χ0v) is 15.2. The molecule has 2 aliphatic carbocycles. The molecule has 0 atom stereocenters. The monoisotopic (exact) mass is 350 g/mol. The molecule has 0 aromatic rings. The van der Waals surface area contributed by atoms with E-state index in [-0.39, 0.29) is 42.5 Å². The van der Waals surface area contributed by atoms with Crippen molar-refractivity contribution in [1.82, 2.24) is 4.90 Å². The minimum Gasteiger partial charge on any atom is -0.481 e. The van der Waals surface area contributed by atoms with Gasteiger partial charge in [0.1, 0.15) is 0 Å². The van der Waals surface area contributed by atoms with Gasteiger partial charge in [-0.25, -0.2) is 0 Å². The van der Waals surface area contributed by atoms with Crippen LogP contribution in [0.2, 0.25) is 0 Å². The van der Waals surface area contributed by atoms with E-state index in [0.29, 0.717) is 0 Å². The maximum Gasteiger partial charge on any atom is 0.305 e. The van der Waals surface area contributed by atoms with Crippen LogP contribution in [0.4, 0.5) is 0 Å². The molecule has 1 amide bonds. The van der Waals surface area contributed by atoms with Gasteiger partial charge in [-0.15, -0.1) is 0 Å². The van der Waals surface area contributed by atoms with E-state index < -0.39 is 5.97 Å². The molecule has 140 valence electrons. The van der Waals surface area contributed by atoms with Crippen molar-refractivity contribution < 1.29 is 19.5 Å². The van der Waals surface area contributed by atoms with Crippen LogP contribution in [0.3, 0.4) is 0 Å². The van der Waals surface area contributed by atoms with Crippen molar-refractivity contribution in [2.45, 2.75) is 89.6 Å². The highest BCUT2D eigenvalue weighted by molar-refractivity contribution is 6.65. The van der Waals surface area contributed by atoms with Crippen LogP contribution in [-0.2, 0) is 14.4 Å². The minimum absolute atomic E-state index is 0.0286. The second kappa shape index (κ2) is 9.68. The van der Waals surface area contributed by atoms with Gasteiger partial charge in [0, 0.05) is 19.0 Å². The van der Waals surface area contributed by atoms with Gasteiger partial charge in [0.05, 0.1) is 13.0 Å². The number of aliphatic imine (C=N–C) groups is 1. The van der Waals surface area contributed by atoms with Crippen LogP contribution in [0.1, 0.15) is 77.6 Å². The van der Waals surface area contributed by atoms with Gasteiger partial charge < -0.3 is 10.0 Å². The molecule has 1 N–H and O–H groups in total. The molecule has 2 rings (SSSR count). The normalized spacial score (nSPS) is 20.3. The number of rotatable bonds is 7. The molecule has 2 fully saturated rings. The molecule has 0 spiro atoms. The molecule has 0 aromatic carbocycles. The van der Waals surface area contributed by atoms with Crippen molar-refractivity contribution in [1.29, 1.82) is 0 Å². The largest absolute Gasteiger partial charge is 0.481 e. The van der Waals surface area contributed by atoms with Gasteiger partial charge in [-0.3, -0.25) is 19.4 Å². The van der Waals surface area contributed by atoms with Crippen molar-refractivity contribution >= 4 is 23.4 Å². The molecule has 2 aliphatic rings. The Balaban J connectivity index is 2.21. The minimum atomic E-state index is -0.976. The first-order valence-corrected chi connectivity index (χ1v) is 9.60. The molecular formula is C19H30N2O4. The second-order valence-corrected chi connectivity index (χ2v) is 7.23. The third-order valence-corrected chi connectivity index (χ3v) is 5.30.